The number of hydrogen-bond acceptors (Lipinski definition) is 3. The average Bonchev–Trinajstić information content (AvgIpc) is 3.27. The summed E-state index contributed by atoms with van der Waals surface area (Å²) >= 11 is 0. The minimum atomic E-state index is 0.148. The Morgan fingerprint density at radius 1 is 1.14 bits per heavy atom. The van der Waals surface area contributed by atoms with Gasteiger partial charge in [0.1, 0.15) is 11.6 Å². The maximum Gasteiger partial charge on any atom is 0.223 e. The average molecular weight is 377 g/mol. The minimum absolute atomic E-state index is 0.148. The highest BCUT2D eigenvalue weighted by molar-refractivity contribution is 5.81. The first-order valence-corrected chi connectivity index (χ1v) is 10.1. The molecule has 2 heterocycles. The summed E-state index contributed by atoms with van der Waals surface area (Å²) in [5.74, 6) is 2.27. The second-order valence-electron chi connectivity index (χ2n) is 7.49. The number of amides is 1. The quantitative estimate of drug-likeness (QED) is 0.620. The van der Waals surface area contributed by atoms with Gasteiger partial charge in [-0.3, -0.25) is 4.79 Å². The lowest BCUT2D eigenvalue weighted by Crippen LogP contribution is -2.26. The van der Waals surface area contributed by atoms with Crippen molar-refractivity contribution in [2.75, 3.05) is 20.2 Å². The zero-order valence-electron chi connectivity index (χ0n) is 16.6. The van der Waals surface area contributed by atoms with E-state index in [1.807, 2.05) is 29.2 Å². The molecule has 1 aromatic heterocycles. The van der Waals surface area contributed by atoms with Gasteiger partial charge in [0, 0.05) is 32.0 Å². The fourth-order valence-electron chi connectivity index (χ4n) is 4.00. The van der Waals surface area contributed by atoms with Crippen LogP contribution in [0.3, 0.4) is 0 Å². The van der Waals surface area contributed by atoms with Gasteiger partial charge >= 0.3 is 0 Å². The molecular formula is C23H27N3O2. The maximum atomic E-state index is 12.5. The first kappa shape index (κ1) is 18.5. The summed E-state index contributed by atoms with van der Waals surface area (Å²) in [6, 6.07) is 16.4. The number of likely N-dealkylation sites (tertiary alicyclic amines) is 1. The van der Waals surface area contributed by atoms with Crippen molar-refractivity contribution < 1.29 is 9.53 Å². The molecule has 28 heavy (non-hydrogen) atoms. The van der Waals surface area contributed by atoms with Gasteiger partial charge in [-0.2, -0.15) is 0 Å². The molecule has 5 heteroatoms. The van der Waals surface area contributed by atoms with Crippen LogP contribution in [0.25, 0.3) is 11.0 Å². The van der Waals surface area contributed by atoms with E-state index in [1.165, 1.54) is 5.56 Å². The van der Waals surface area contributed by atoms with Crippen molar-refractivity contribution in [1.82, 2.24) is 14.5 Å². The summed E-state index contributed by atoms with van der Waals surface area (Å²) < 4.78 is 7.55. The molecule has 1 unspecified atom stereocenters. The maximum absolute atomic E-state index is 12.5. The summed E-state index contributed by atoms with van der Waals surface area (Å²) in [4.78, 5) is 19.4. The Kier molecular flexibility index (Phi) is 5.33. The number of methoxy groups -OCH3 is 1. The smallest absolute Gasteiger partial charge is 0.223 e. The van der Waals surface area contributed by atoms with E-state index in [4.69, 9.17) is 9.72 Å². The largest absolute Gasteiger partial charge is 0.497 e. The summed E-state index contributed by atoms with van der Waals surface area (Å²) in [5.41, 5.74) is 3.30. The summed E-state index contributed by atoms with van der Waals surface area (Å²) in [6.07, 6.45) is 2.71. The van der Waals surface area contributed by atoms with E-state index in [2.05, 4.69) is 35.8 Å². The number of rotatable bonds is 7. The molecule has 0 spiro atoms. The third-order valence-corrected chi connectivity index (χ3v) is 5.55. The van der Waals surface area contributed by atoms with Crippen LogP contribution in [-0.2, 0) is 11.3 Å². The van der Waals surface area contributed by atoms with E-state index in [9.17, 15) is 4.79 Å². The van der Waals surface area contributed by atoms with Crippen LogP contribution >= 0.6 is 0 Å². The second kappa shape index (κ2) is 8.05. The van der Waals surface area contributed by atoms with Crippen LogP contribution in [0.5, 0.6) is 5.75 Å². The lowest BCUT2D eigenvalue weighted by atomic mass is 10.1. The Hall–Kier alpha value is -2.82. The van der Waals surface area contributed by atoms with Crippen molar-refractivity contribution in [2.45, 2.75) is 38.6 Å². The standard InChI is InChI=1S/C23H27N3O2/c1-3-4-13-25-16-18(14-22(25)27)23-24-20-7-5-6-8-21(20)26(23)15-17-9-11-19(28-2)12-10-17/h5-12,18H,3-4,13-16H2,1-2H3. The molecule has 1 amide bonds. The number of ether oxygens (including phenoxy) is 1. The predicted molar refractivity (Wildman–Crippen MR) is 111 cm³/mol. The van der Waals surface area contributed by atoms with E-state index in [-0.39, 0.29) is 11.8 Å². The number of fused-ring (bicyclic) bond motifs is 1. The molecule has 1 fully saturated rings. The topological polar surface area (TPSA) is 47.4 Å². The molecule has 3 aromatic rings. The normalized spacial score (nSPS) is 16.9. The Morgan fingerprint density at radius 3 is 2.68 bits per heavy atom. The molecular weight excluding hydrogens is 350 g/mol. The zero-order valence-corrected chi connectivity index (χ0v) is 16.6. The van der Waals surface area contributed by atoms with Crippen molar-refractivity contribution in [1.29, 1.82) is 0 Å². The molecule has 2 aromatic carbocycles. The second-order valence-corrected chi connectivity index (χ2v) is 7.49. The van der Waals surface area contributed by atoms with E-state index in [0.717, 1.165) is 55.1 Å². The molecule has 0 aliphatic carbocycles. The Morgan fingerprint density at radius 2 is 1.93 bits per heavy atom. The summed E-state index contributed by atoms with van der Waals surface area (Å²) in [5, 5.41) is 0. The minimum Gasteiger partial charge on any atom is -0.497 e. The number of carbonyl (C=O) groups excluding carboxylic acids is 1. The van der Waals surface area contributed by atoms with Crippen LogP contribution in [0.2, 0.25) is 0 Å². The van der Waals surface area contributed by atoms with Crippen molar-refractivity contribution in [3.63, 3.8) is 0 Å². The Labute approximate surface area is 165 Å². The SMILES string of the molecule is CCCCN1CC(c2nc3ccccc3n2Cc2ccc(OC)cc2)CC1=O. The van der Waals surface area contributed by atoms with Gasteiger partial charge < -0.3 is 14.2 Å². The molecule has 1 saturated heterocycles. The van der Waals surface area contributed by atoms with Gasteiger partial charge in [0.2, 0.25) is 5.91 Å². The highest BCUT2D eigenvalue weighted by Gasteiger charge is 2.33. The number of unbranched alkanes of at least 4 members (excludes halogenated alkanes) is 1. The van der Waals surface area contributed by atoms with Gasteiger partial charge in [0.05, 0.1) is 18.1 Å². The number of benzene rings is 2. The van der Waals surface area contributed by atoms with E-state index >= 15 is 0 Å². The van der Waals surface area contributed by atoms with Crippen LogP contribution in [0.4, 0.5) is 0 Å². The van der Waals surface area contributed by atoms with E-state index in [1.54, 1.807) is 7.11 Å². The molecule has 0 N–H and O–H groups in total. The molecule has 1 aliphatic heterocycles. The van der Waals surface area contributed by atoms with Crippen molar-refractivity contribution >= 4 is 16.9 Å². The van der Waals surface area contributed by atoms with Gasteiger partial charge in [-0.25, -0.2) is 4.98 Å². The molecule has 146 valence electrons. The molecule has 0 bridgehead atoms. The van der Waals surface area contributed by atoms with Crippen LogP contribution in [0.1, 0.15) is 43.5 Å². The molecule has 0 saturated carbocycles. The molecule has 0 radical (unpaired) electrons. The van der Waals surface area contributed by atoms with Gasteiger partial charge in [0.15, 0.2) is 0 Å². The summed E-state index contributed by atoms with van der Waals surface area (Å²) in [7, 11) is 1.68. The van der Waals surface area contributed by atoms with Gasteiger partial charge in [-0.15, -0.1) is 0 Å². The number of imidazole rings is 1. The highest BCUT2D eigenvalue weighted by atomic mass is 16.5. The third-order valence-electron chi connectivity index (χ3n) is 5.55. The monoisotopic (exact) mass is 377 g/mol. The fourth-order valence-corrected chi connectivity index (χ4v) is 4.00. The van der Waals surface area contributed by atoms with Gasteiger partial charge in [-0.05, 0) is 36.2 Å². The zero-order chi connectivity index (χ0) is 19.5. The number of para-hydroxylation sites is 2. The molecule has 1 atom stereocenters. The Balaban J connectivity index is 1.66. The van der Waals surface area contributed by atoms with Crippen LogP contribution in [0.15, 0.2) is 48.5 Å². The number of aromatic nitrogens is 2. The summed E-state index contributed by atoms with van der Waals surface area (Å²) in [6.45, 7) is 4.51. The highest BCUT2D eigenvalue weighted by Crippen LogP contribution is 2.31. The van der Waals surface area contributed by atoms with Gasteiger partial charge in [-0.1, -0.05) is 37.6 Å². The lowest BCUT2D eigenvalue weighted by molar-refractivity contribution is -0.127. The lowest BCUT2D eigenvalue weighted by Gasteiger charge is -2.17. The first-order chi connectivity index (χ1) is 13.7. The molecule has 1 aliphatic rings. The van der Waals surface area contributed by atoms with Gasteiger partial charge in [0.25, 0.3) is 0 Å². The van der Waals surface area contributed by atoms with E-state index < -0.39 is 0 Å². The van der Waals surface area contributed by atoms with Crippen LogP contribution in [-0.4, -0.2) is 40.6 Å². The Bertz CT molecular complexity index is 962. The predicted octanol–water partition coefficient (Wildman–Crippen LogP) is 4.21. The number of nitrogens with zero attached hydrogens (tertiary/aromatic N) is 3. The van der Waals surface area contributed by atoms with Crippen molar-refractivity contribution in [3.8, 4) is 5.75 Å². The number of hydrogen-bond donors (Lipinski definition) is 0. The van der Waals surface area contributed by atoms with Crippen LogP contribution < -0.4 is 4.74 Å². The fraction of sp³-hybridized carbons (Fsp3) is 0.391. The third kappa shape index (κ3) is 3.61. The number of carbonyl (C=O) groups is 1. The molecule has 4 rings (SSSR count). The first-order valence-electron chi connectivity index (χ1n) is 10.1. The molecule has 5 nitrogen and oxygen atoms in total. The van der Waals surface area contributed by atoms with E-state index in [0.29, 0.717) is 6.42 Å². The van der Waals surface area contributed by atoms with Crippen molar-refractivity contribution in [3.05, 3.63) is 59.9 Å². The van der Waals surface area contributed by atoms with Crippen molar-refractivity contribution in [2.24, 2.45) is 0 Å². The van der Waals surface area contributed by atoms with Crippen LogP contribution in [0, 0.1) is 0 Å².